The third-order valence-corrected chi connectivity index (χ3v) is 5.50. The highest BCUT2D eigenvalue weighted by atomic mass is 35.5. The Hall–Kier alpha value is -0.410. The lowest BCUT2D eigenvalue weighted by Crippen LogP contribution is -2.41. The molecule has 1 N–H and O–H groups in total. The molecule has 1 aromatic carbocycles. The van der Waals surface area contributed by atoms with E-state index in [1.165, 1.54) is 7.05 Å². The van der Waals surface area contributed by atoms with Gasteiger partial charge in [0.25, 0.3) is 0 Å². The highest BCUT2D eigenvalue weighted by molar-refractivity contribution is 7.83. The monoisotopic (exact) mass is 383 g/mol. The molecule has 0 aliphatic carbocycles. The molecule has 1 saturated heterocycles. The molecule has 130 valence electrons. The van der Waals surface area contributed by atoms with Gasteiger partial charge in [-0.15, -0.1) is 0 Å². The zero-order chi connectivity index (χ0) is 17.4. The molecule has 0 radical (unpaired) electrons. The van der Waals surface area contributed by atoms with Crippen LogP contribution in [0.5, 0.6) is 0 Å². The molecule has 0 amide bonds. The van der Waals surface area contributed by atoms with Crippen molar-refractivity contribution in [1.29, 1.82) is 0 Å². The fraction of sp³-hybridized carbons (Fsp3) is 0.571. The fourth-order valence-electron chi connectivity index (χ4n) is 2.53. The van der Waals surface area contributed by atoms with Crippen LogP contribution < -0.4 is 0 Å². The minimum absolute atomic E-state index is 0.336. The second kappa shape index (κ2) is 6.84. The Labute approximate surface area is 146 Å². The number of hydrogen-bond donors (Lipinski definition) is 1. The molecule has 2 unspecified atom stereocenters. The Morgan fingerprint density at radius 2 is 1.87 bits per heavy atom. The van der Waals surface area contributed by atoms with Crippen molar-refractivity contribution in [3.63, 3.8) is 0 Å². The summed E-state index contributed by atoms with van der Waals surface area (Å²) in [5.41, 5.74) is 0.542. The highest BCUT2D eigenvalue weighted by Crippen LogP contribution is 2.45. The summed E-state index contributed by atoms with van der Waals surface area (Å²) in [5.74, 6) is -0.947. The summed E-state index contributed by atoms with van der Waals surface area (Å²) in [5, 5.41) is 0.789. The van der Waals surface area contributed by atoms with Crippen molar-refractivity contribution in [3.05, 3.63) is 33.8 Å². The first kappa shape index (κ1) is 18.9. The third-order valence-electron chi connectivity index (χ3n) is 4.00. The number of benzene rings is 1. The molecule has 1 aliphatic heterocycles. The third kappa shape index (κ3) is 3.82. The van der Waals surface area contributed by atoms with Gasteiger partial charge in [-0.2, -0.15) is 12.7 Å². The molecule has 0 aromatic heterocycles. The van der Waals surface area contributed by atoms with Crippen molar-refractivity contribution < 1.29 is 22.4 Å². The van der Waals surface area contributed by atoms with E-state index < -0.39 is 28.4 Å². The van der Waals surface area contributed by atoms with Crippen LogP contribution in [0.25, 0.3) is 0 Å². The molecule has 9 heteroatoms. The van der Waals surface area contributed by atoms with Crippen molar-refractivity contribution in [1.82, 2.24) is 4.31 Å². The van der Waals surface area contributed by atoms with Crippen LogP contribution in [0.2, 0.25) is 10.0 Å². The minimum atomic E-state index is -4.46. The van der Waals surface area contributed by atoms with Gasteiger partial charge in [0.15, 0.2) is 12.0 Å². The number of hydrogen-bond acceptors (Lipinski definition) is 4. The Balaban J connectivity index is 2.48. The van der Waals surface area contributed by atoms with Crippen LogP contribution >= 0.6 is 23.2 Å². The lowest BCUT2D eigenvalue weighted by atomic mass is 10.1. The molecule has 1 aliphatic rings. The predicted molar refractivity (Wildman–Crippen MR) is 87.8 cm³/mol. The van der Waals surface area contributed by atoms with Crippen LogP contribution in [-0.4, -0.2) is 36.3 Å². The number of rotatable bonds is 5. The molecular formula is C14H19Cl2NO5S. The van der Waals surface area contributed by atoms with E-state index >= 15 is 0 Å². The standard InChI is InChI=1S/C14H19Cl2NO5S/c1-4-14(5-2)21-12(10-7-6-9(15)8-11(10)16)13(22-14)17(3)23(18,19)20/h6-8,12-13H,4-5H2,1-3H3,(H,18,19,20). The summed E-state index contributed by atoms with van der Waals surface area (Å²) in [6.07, 6.45) is -0.794. The van der Waals surface area contributed by atoms with Gasteiger partial charge >= 0.3 is 10.3 Å². The minimum Gasteiger partial charge on any atom is -0.338 e. The average molecular weight is 384 g/mol. The lowest BCUT2D eigenvalue weighted by molar-refractivity contribution is -0.186. The lowest BCUT2D eigenvalue weighted by Gasteiger charge is -2.26. The Kier molecular flexibility index (Phi) is 5.62. The van der Waals surface area contributed by atoms with E-state index in [0.29, 0.717) is 28.5 Å². The van der Waals surface area contributed by atoms with Crippen molar-refractivity contribution in [2.75, 3.05) is 7.05 Å². The van der Waals surface area contributed by atoms with Gasteiger partial charge in [-0.05, 0) is 25.0 Å². The van der Waals surface area contributed by atoms with Crippen LogP contribution in [0.4, 0.5) is 0 Å². The van der Waals surface area contributed by atoms with E-state index in [9.17, 15) is 13.0 Å². The van der Waals surface area contributed by atoms with E-state index in [2.05, 4.69) is 0 Å². The molecule has 1 fully saturated rings. The number of halogens is 2. The van der Waals surface area contributed by atoms with Crippen LogP contribution in [0, 0.1) is 0 Å². The van der Waals surface area contributed by atoms with Crippen molar-refractivity contribution in [2.45, 2.75) is 44.8 Å². The summed E-state index contributed by atoms with van der Waals surface area (Å²) < 4.78 is 45.0. The summed E-state index contributed by atoms with van der Waals surface area (Å²) in [6, 6.07) is 4.84. The van der Waals surface area contributed by atoms with Crippen molar-refractivity contribution in [2.24, 2.45) is 0 Å². The van der Waals surface area contributed by atoms with Gasteiger partial charge in [-0.1, -0.05) is 43.1 Å². The Morgan fingerprint density at radius 1 is 1.26 bits per heavy atom. The molecule has 0 spiro atoms. The molecule has 0 bridgehead atoms. The molecule has 6 nitrogen and oxygen atoms in total. The van der Waals surface area contributed by atoms with Gasteiger partial charge in [0, 0.05) is 22.7 Å². The largest absolute Gasteiger partial charge is 0.338 e. The molecule has 2 rings (SSSR count). The Morgan fingerprint density at radius 3 is 2.35 bits per heavy atom. The summed E-state index contributed by atoms with van der Waals surface area (Å²) in [7, 11) is -3.23. The van der Waals surface area contributed by atoms with Crippen molar-refractivity contribution >= 4 is 33.5 Å². The zero-order valence-corrected chi connectivity index (χ0v) is 15.3. The number of likely N-dealkylation sites (N-methyl/N-ethyl adjacent to an activating group) is 1. The maximum absolute atomic E-state index is 11.5. The van der Waals surface area contributed by atoms with Gasteiger partial charge < -0.3 is 9.47 Å². The van der Waals surface area contributed by atoms with Crippen LogP contribution in [0.15, 0.2) is 18.2 Å². The van der Waals surface area contributed by atoms with Crippen molar-refractivity contribution in [3.8, 4) is 0 Å². The maximum Gasteiger partial charge on any atom is 0.337 e. The predicted octanol–water partition coefficient (Wildman–Crippen LogP) is 3.66. The van der Waals surface area contributed by atoms with Gasteiger partial charge in [0.1, 0.15) is 6.10 Å². The first-order valence-electron chi connectivity index (χ1n) is 7.14. The van der Waals surface area contributed by atoms with Crippen LogP contribution in [0.1, 0.15) is 38.4 Å². The van der Waals surface area contributed by atoms with E-state index in [-0.39, 0.29) is 0 Å². The van der Waals surface area contributed by atoms with Crippen LogP contribution in [-0.2, 0) is 19.8 Å². The van der Waals surface area contributed by atoms with Gasteiger partial charge in [-0.3, -0.25) is 4.55 Å². The van der Waals surface area contributed by atoms with E-state index in [1.807, 2.05) is 13.8 Å². The fourth-order valence-corrected chi connectivity index (χ4v) is 3.46. The maximum atomic E-state index is 11.5. The molecule has 1 aromatic rings. The van der Waals surface area contributed by atoms with Crippen LogP contribution in [0.3, 0.4) is 0 Å². The highest BCUT2D eigenvalue weighted by Gasteiger charge is 2.50. The second-order valence-electron chi connectivity index (χ2n) is 5.32. The second-order valence-corrected chi connectivity index (χ2v) is 7.64. The van der Waals surface area contributed by atoms with E-state index in [4.69, 9.17) is 32.7 Å². The SMILES string of the molecule is CCC1(CC)OC(c2ccc(Cl)cc2Cl)C(N(C)S(=O)(=O)O)O1. The number of ether oxygens (including phenoxy) is 2. The zero-order valence-electron chi connectivity index (χ0n) is 13.0. The van der Waals surface area contributed by atoms with E-state index in [0.717, 1.165) is 4.31 Å². The number of nitrogens with zero attached hydrogens (tertiary/aromatic N) is 1. The molecular weight excluding hydrogens is 365 g/mol. The average Bonchev–Trinajstić information content (AvgIpc) is 2.86. The molecule has 2 atom stereocenters. The first-order valence-corrected chi connectivity index (χ1v) is 9.30. The summed E-state index contributed by atoms with van der Waals surface area (Å²) in [6.45, 7) is 3.75. The topological polar surface area (TPSA) is 76.1 Å². The first-order chi connectivity index (χ1) is 10.6. The quantitative estimate of drug-likeness (QED) is 0.785. The summed E-state index contributed by atoms with van der Waals surface area (Å²) in [4.78, 5) is 0. The van der Waals surface area contributed by atoms with E-state index in [1.54, 1.807) is 18.2 Å². The van der Waals surface area contributed by atoms with Gasteiger partial charge in [-0.25, -0.2) is 0 Å². The van der Waals surface area contributed by atoms with Gasteiger partial charge in [0.05, 0.1) is 0 Å². The Bertz CT molecular complexity index is 678. The smallest absolute Gasteiger partial charge is 0.337 e. The molecule has 23 heavy (non-hydrogen) atoms. The summed E-state index contributed by atoms with van der Waals surface area (Å²) >= 11 is 12.1. The normalized spacial score (nSPS) is 24.3. The molecule has 0 saturated carbocycles. The van der Waals surface area contributed by atoms with Gasteiger partial charge in [0.2, 0.25) is 0 Å². The molecule has 1 heterocycles.